The number of benzene rings is 1. The first-order valence-electron chi connectivity index (χ1n) is 7.11. The van der Waals surface area contributed by atoms with Gasteiger partial charge in [0.1, 0.15) is 17.5 Å². The molecule has 1 aromatic heterocycles. The van der Waals surface area contributed by atoms with Crippen LogP contribution in [0.25, 0.3) is 0 Å². The number of hydrogen-bond acceptors (Lipinski definition) is 4. The zero-order valence-electron chi connectivity index (χ0n) is 12.4. The van der Waals surface area contributed by atoms with Crippen LogP contribution in [-0.4, -0.2) is 23.1 Å². The van der Waals surface area contributed by atoms with Crippen LogP contribution in [0, 0.1) is 6.92 Å². The Morgan fingerprint density at radius 3 is 2.40 bits per heavy atom. The van der Waals surface area contributed by atoms with Crippen LogP contribution in [0.15, 0.2) is 36.4 Å². The first kappa shape index (κ1) is 14.3. The number of rotatable bonds is 6. The molecule has 0 aliphatic heterocycles. The summed E-state index contributed by atoms with van der Waals surface area (Å²) in [6.45, 7) is 8.88. The molecule has 0 radical (unpaired) electrons. The van der Waals surface area contributed by atoms with E-state index < -0.39 is 0 Å². The molecular formula is C16H22N4. The third-order valence-corrected chi connectivity index (χ3v) is 3.23. The zero-order chi connectivity index (χ0) is 14.4. The van der Waals surface area contributed by atoms with Gasteiger partial charge in [0.05, 0.1) is 0 Å². The molecule has 106 valence electrons. The van der Waals surface area contributed by atoms with E-state index in [0.29, 0.717) is 0 Å². The van der Waals surface area contributed by atoms with Crippen molar-refractivity contribution < 1.29 is 0 Å². The van der Waals surface area contributed by atoms with Crippen molar-refractivity contribution in [1.82, 2.24) is 9.97 Å². The molecule has 1 heterocycles. The Morgan fingerprint density at radius 1 is 1.05 bits per heavy atom. The molecule has 0 fully saturated rings. The fourth-order valence-corrected chi connectivity index (χ4v) is 2.14. The Hall–Kier alpha value is -2.10. The van der Waals surface area contributed by atoms with Crippen molar-refractivity contribution in [3.05, 3.63) is 47.8 Å². The van der Waals surface area contributed by atoms with Gasteiger partial charge in [-0.3, -0.25) is 0 Å². The van der Waals surface area contributed by atoms with Crippen LogP contribution in [-0.2, 0) is 6.54 Å². The Morgan fingerprint density at radius 2 is 1.75 bits per heavy atom. The minimum Gasteiger partial charge on any atom is -0.366 e. The average Bonchev–Trinajstić information content (AvgIpc) is 2.47. The first-order valence-corrected chi connectivity index (χ1v) is 7.11. The van der Waals surface area contributed by atoms with Crippen LogP contribution in [0.5, 0.6) is 0 Å². The highest BCUT2D eigenvalue weighted by Crippen LogP contribution is 2.16. The van der Waals surface area contributed by atoms with E-state index >= 15 is 0 Å². The number of nitrogens with zero attached hydrogens (tertiary/aromatic N) is 3. The smallest absolute Gasteiger partial charge is 0.134 e. The molecule has 0 amide bonds. The highest BCUT2D eigenvalue weighted by molar-refractivity contribution is 5.49. The largest absolute Gasteiger partial charge is 0.366 e. The Bertz CT molecular complexity index is 535. The summed E-state index contributed by atoms with van der Waals surface area (Å²) in [5, 5.41) is 3.37. The normalized spacial score (nSPS) is 10.3. The summed E-state index contributed by atoms with van der Waals surface area (Å²) in [6, 6.07) is 12.3. The summed E-state index contributed by atoms with van der Waals surface area (Å²) in [6.07, 6.45) is 0. The van der Waals surface area contributed by atoms with Crippen molar-refractivity contribution in [2.75, 3.05) is 23.3 Å². The molecule has 0 saturated carbocycles. The molecule has 0 aliphatic rings. The topological polar surface area (TPSA) is 41.0 Å². The SMILES string of the molecule is CCN(CC)c1cc(NCc2ccccc2)nc(C)n1. The Labute approximate surface area is 120 Å². The number of hydrogen-bond donors (Lipinski definition) is 1. The van der Waals surface area contributed by atoms with Crippen molar-refractivity contribution in [2.45, 2.75) is 27.3 Å². The van der Waals surface area contributed by atoms with Crippen molar-refractivity contribution in [2.24, 2.45) is 0 Å². The van der Waals surface area contributed by atoms with Gasteiger partial charge in [0, 0.05) is 25.7 Å². The van der Waals surface area contributed by atoms with Crippen LogP contribution in [0.3, 0.4) is 0 Å². The summed E-state index contributed by atoms with van der Waals surface area (Å²) in [5.41, 5.74) is 1.24. The van der Waals surface area contributed by atoms with Crippen LogP contribution in [0.2, 0.25) is 0 Å². The fourth-order valence-electron chi connectivity index (χ4n) is 2.14. The second kappa shape index (κ2) is 6.89. The molecule has 1 N–H and O–H groups in total. The van der Waals surface area contributed by atoms with E-state index in [0.717, 1.165) is 37.1 Å². The van der Waals surface area contributed by atoms with Gasteiger partial charge in [0.2, 0.25) is 0 Å². The van der Waals surface area contributed by atoms with Gasteiger partial charge in [-0.25, -0.2) is 9.97 Å². The maximum Gasteiger partial charge on any atom is 0.134 e. The van der Waals surface area contributed by atoms with Crippen LogP contribution in [0.4, 0.5) is 11.6 Å². The van der Waals surface area contributed by atoms with Gasteiger partial charge >= 0.3 is 0 Å². The van der Waals surface area contributed by atoms with Crippen molar-refractivity contribution in [3.63, 3.8) is 0 Å². The molecular weight excluding hydrogens is 248 g/mol. The fraction of sp³-hybridized carbons (Fsp3) is 0.375. The summed E-state index contributed by atoms with van der Waals surface area (Å²) in [4.78, 5) is 11.2. The standard InChI is InChI=1S/C16H22N4/c1-4-20(5-2)16-11-15(18-13(3)19-16)17-12-14-9-7-6-8-10-14/h6-11H,4-5,12H2,1-3H3,(H,17,18,19). The zero-order valence-corrected chi connectivity index (χ0v) is 12.4. The maximum atomic E-state index is 4.51. The molecule has 4 heteroatoms. The van der Waals surface area contributed by atoms with E-state index in [1.807, 2.05) is 31.2 Å². The van der Waals surface area contributed by atoms with E-state index in [-0.39, 0.29) is 0 Å². The van der Waals surface area contributed by atoms with Crippen molar-refractivity contribution in [1.29, 1.82) is 0 Å². The van der Waals surface area contributed by atoms with Gasteiger partial charge in [-0.15, -0.1) is 0 Å². The predicted octanol–water partition coefficient (Wildman–Crippen LogP) is 3.24. The van der Waals surface area contributed by atoms with Crippen molar-refractivity contribution in [3.8, 4) is 0 Å². The lowest BCUT2D eigenvalue weighted by molar-refractivity contribution is 0.834. The van der Waals surface area contributed by atoms with Gasteiger partial charge in [-0.2, -0.15) is 0 Å². The molecule has 2 rings (SSSR count). The van der Waals surface area contributed by atoms with E-state index in [1.54, 1.807) is 0 Å². The monoisotopic (exact) mass is 270 g/mol. The van der Waals surface area contributed by atoms with Gasteiger partial charge in [-0.05, 0) is 26.3 Å². The minimum atomic E-state index is 0.773. The summed E-state index contributed by atoms with van der Waals surface area (Å²) < 4.78 is 0. The third kappa shape index (κ3) is 3.70. The average molecular weight is 270 g/mol. The van der Waals surface area contributed by atoms with Crippen molar-refractivity contribution >= 4 is 11.6 Å². The van der Waals surface area contributed by atoms with Crippen LogP contribution in [0.1, 0.15) is 25.2 Å². The number of aryl methyl sites for hydroxylation is 1. The highest BCUT2D eigenvalue weighted by atomic mass is 15.2. The molecule has 20 heavy (non-hydrogen) atoms. The Balaban J connectivity index is 2.12. The van der Waals surface area contributed by atoms with Crippen LogP contribution >= 0.6 is 0 Å². The Kier molecular flexibility index (Phi) is 4.93. The van der Waals surface area contributed by atoms with E-state index in [4.69, 9.17) is 0 Å². The summed E-state index contributed by atoms with van der Waals surface area (Å²) >= 11 is 0. The molecule has 0 spiro atoms. The molecule has 0 atom stereocenters. The van der Waals surface area contributed by atoms with Gasteiger partial charge < -0.3 is 10.2 Å². The third-order valence-electron chi connectivity index (χ3n) is 3.23. The molecule has 0 unspecified atom stereocenters. The molecule has 0 aliphatic carbocycles. The number of nitrogens with one attached hydrogen (secondary N) is 1. The van der Waals surface area contributed by atoms with E-state index in [2.05, 4.69) is 46.2 Å². The lowest BCUT2D eigenvalue weighted by Gasteiger charge is -2.20. The second-order valence-corrected chi connectivity index (χ2v) is 4.67. The lowest BCUT2D eigenvalue weighted by atomic mass is 10.2. The quantitative estimate of drug-likeness (QED) is 0.875. The number of anilines is 2. The molecule has 0 bridgehead atoms. The van der Waals surface area contributed by atoms with Gasteiger partial charge in [0.25, 0.3) is 0 Å². The molecule has 2 aromatic rings. The second-order valence-electron chi connectivity index (χ2n) is 4.67. The maximum absolute atomic E-state index is 4.51. The molecule has 4 nitrogen and oxygen atoms in total. The van der Waals surface area contributed by atoms with Crippen LogP contribution < -0.4 is 10.2 Å². The molecule has 1 aromatic carbocycles. The van der Waals surface area contributed by atoms with E-state index in [1.165, 1.54) is 5.56 Å². The summed E-state index contributed by atoms with van der Waals surface area (Å²) in [5.74, 6) is 2.66. The highest BCUT2D eigenvalue weighted by Gasteiger charge is 2.07. The minimum absolute atomic E-state index is 0.773. The van der Waals surface area contributed by atoms with E-state index in [9.17, 15) is 0 Å². The van der Waals surface area contributed by atoms with Gasteiger partial charge in [0.15, 0.2) is 0 Å². The molecule has 0 saturated heterocycles. The van der Waals surface area contributed by atoms with Gasteiger partial charge in [-0.1, -0.05) is 30.3 Å². The predicted molar refractivity (Wildman–Crippen MR) is 84.1 cm³/mol. The number of aromatic nitrogens is 2. The lowest BCUT2D eigenvalue weighted by Crippen LogP contribution is -2.23. The summed E-state index contributed by atoms with van der Waals surface area (Å²) in [7, 11) is 0. The first-order chi connectivity index (χ1) is 9.72.